The Morgan fingerprint density at radius 1 is 1.32 bits per heavy atom. The molecule has 0 radical (unpaired) electrons. The lowest BCUT2D eigenvalue weighted by Gasteiger charge is -2.22. The molecule has 0 spiro atoms. The molecular weight excluding hydrogens is 240 g/mol. The minimum atomic E-state index is -0.640. The molecule has 1 aliphatic rings. The molecule has 0 unspecified atom stereocenters. The van der Waals surface area contributed by atoms with Crippen LogP contribution in [0.3, 0.4) is 0 Å². The number of benzene rings is 1. The van der Waals surface area contributed by atoms with Crippen molar-refractivity contribution in [3.05, 3.63) is 29.8 Å². The van der Waals surface area contributed by atoms with E-state index in [4.69, 9.17) is 4.74 Å². The molecule has 1 fully saturated rings. The van der Waals surface area contributed by atoms with Crippen LogP contribution >= 0.6 is 0 Å². The first-order chi connectivity index (χ1) is 9.11. The highest BCUT2D eigenvalue weighted by Crippen LogP contribution is 2.30. The van der Waals surface area contributed by atoms with E-state index < -0.39 is 5.60 Å². The Balaban J connectivity index is 1.91. The van der Waals surface area contributed by atoms with Crippen LogP contribution in [-0.2, 0) is 6.42 Å². The second-order valence-electron chi connectivity index (χ2n) is 5.63. The van der Waals surface area contributed by atoms with Gasteiger partial charge in [-0.1, -0.05) is 31.9 Å². The van der Waals surface area contributed by atoms with Gasteiger partial charge < -0.3 is 14.9 Å². The molecule has 1 aromatic rings. The number of ether oxygens (including phenoxy) is 1. The van der Waals surface area contributed by atoms with E-state index in [2.05, 4.69) is 0 Å². The summed E-state index contributed by atoms with van der Waals surface area (Å²) in [7, 11) is 0. The molecule has 1 atom stereocenters. The molecule has 0 amide bonds. The summed E-state index contributed by atoms with van der Waals surface area (Å²) in [6, 6.07) is 7.79. The Morgan fingerprint density at radius 2 is 2.05 bits per heavy atom. The van der Waals surface area contributed by atoms with Crippen molar-refractivity contribution in [2.45, 2.75) is 57.2 Å². The maximum absolute atomic E-state index is 10.2. The van der Waals surface area contributed by atoms with Crippen LogP contribution in [0, 0.1) is 0 Å². The zero-order valence-electron chi connectivity index (χ0n) is 11.6. The largest absolute Gasteiger partial charge is 0.491 e. The summed E-state index contributed by atoms with van der Waals surface area (Å²) in [4.78, 5) is 0. The average Bonchev–Trinajstić information content (AvgIpc) is 2.84. The summed E-state index contributed by atoms with van der Waals surface area (Å²) in [6.07, 6.45) is 4.95. The first-order valence-corrected chi connectivity index (χ1v) is 7.23. The monoisotopic (exact) mass is 264 g/mol. The zero-order valence-corrected chi connectivity index (χ0v) is 11.6. The van der Waals surface area contributed by atoms with Gasteiger partial charge in [0.15, 0.2) is 0 Å². The topological polar surface area (TPSA) is 49.7 Å². The third-order valence-electron chi connectivity index (χ3n) is 3.88. The first kappa shape index (κ1) is 14.4. The van der Waals surface area contributed by atoms with Crippen molar-refractivity contribution < 1.29 is 14.9 Å². The Kier molecular flexibility index (Phi) is 4.83. The minimum Gasteiger partial charge on any atom is -0.491 e. The summed E-state index contributed by atoms with van der Waals surface area (Å²) in [5.41, 5.74) is 0.434. The standard InChI is InChI=1S/C16H24O3/c1-2-14(17)10-13-6-5-7-15(11-13)19-12-16(18)8-3-4-9-16/h5-7,11,14,17-18H,2-4,8-10,12H2,1H3/t14-/m1/s1. The van der Waals surface area contributed by atoms with Crippen molar-refractivity contribution in [1.82, 2.24) is 0 Å². The Labute approximate surface area is 115 Å². The summed E-state index contributed by atoms with van der Waals surface area (Å²) in [6.45, 7) is 2.34. The third kappa shape index (κ3) is 4.22. The molecule has 0 heterocycles. The summed E-state index contributed by atoms with van der Waals surface area (Å²) in [5.74, 6) is 0.779. The predicted molar refractivity (Wildman–Crippen MR) is 75.4 cm³/mol. The number of aliphatic hydroxyl groups is 2. The van der Waals surface area contributed by atoms with Gasteiger partial charge in [-0.05, 0) is 43.4 Å². The van der Waals surface area contributed by atoms with Gasteiger partial charge >= 0.3 is 0 Å². The van der Waals surface area contributed by atoms with Crippen molar-refractivity contribution in [1.29, 1.82) is 0 Å². The van der Waals surface area contributed by atoms with E-state index >= 15 is 0 Å². The lowest BCUT2D eigenvalue weighted by atomic mass is 10.0. The summed E-state index contributed by atoms with van der Waals surface area (Å²) in [5, 5.41) is 19.9. The molecule has 106 valence electrons. The second-order valence-corrected chi connectivity index (χ2v) is 5.63. The zero-order chi connectivity index (χ0) is 13.7. The van der Waals surface area contributed by atoms with Gasteiger partial charge in [-0.25, -0.2) is 0 Å². The van der Waals surface area contributed by atoms with Gasteiger partial charge in [-0.3, -0.25) is 0 Å². The highest BCUT2D eigenvalue weighted by molar-refractivity contribution is 5.29. The van der Waals surface area contributed by atoms with Crippen LogP contribution < -0.4 is 4.74 Å². The van der Waals surface area contributed by atoms with E-state index in [0.29, 0.717) is 13.0 Å². The van der Waals surface area contributed by atoms with E-state index in [1.807, 2.05) is 31.2 Å². The van der Waals surface area contributed by atoms with Crippen molar-refractivity contribution in [3.63, 3.8) is 0 Å². The van der Waals surface area contributed by atoms with Crippen molar-refractivity contribution in [3.8, 4) is 5.75 Å². The molecule has 0 aromatic heterocycles. The molecule has 19 heavy (non-hydrogen) atoms. The predicted octanol–water partition coefficient (Wildman–Crippen LogP) is 2.68. The fourth-order valence-corrected chi connectivity index (χ4v) is 2.57. The van der Waals surface area contributed by atoms with E-state index in [1.54, 1.807) is 0 Å². The molecule has 3 nitrogen and oxygen atoms in total. The van der Waals surface area contributed by atoms with Crippen LogP contribution in [0.4, 0.5) is 0 Å². The quantitative estimate of drug-likeness (QED) is 0.830. The number of rotatable bonds is 6. The number of hydrogen-bond acceptors (Lipinski definition) is 3. The fraction of sp³-hybridized carbons (Fsp3) is 0.625. The molecule has 1 saturated carbocycles. The molecule has 0 aliphatic heterocycles. The van der Waals surface area contributed by atoms with Gasteiger partial charge in [0.2, 0.25) is 0 Å². The van der Waals surface area contributed by atoms with Gasteiger partial charge in [0.05, 0.1) is 11.7 Å². The van der Waals surface area contributed by atoms with Crippen molar-refractivity contribution >= 4 is 0 Å². The van der Waals surface area contributed by atoms with Gasteiger partial charge in [-0.2, -0.15) is 0 Å². The normalized spacial score (nSPS) is 19.3. The van der Waals surface area contributed by atoms with Crippen LogP contribution in [0.5, 0.6) is 5.75 Å². The second kappa shape index (κ2) is 6.40. The molecular formula is C16H24O3. The molecule has 2 rings (SSSR count). The Morgan fingerprint density at radius 3 is 2.74 bits per heavy atom. The Hall–Kier alpha value is -1.06. The summed E-state index contributed by atoms with van der Waals surface area (Å²) < 4.78 is 5.72. The fourth-order valence-electron chi connectivity index (χ4n) is 2.57. The number of hydrogen-bond donors (Lipinski definition) is 2. The van der Waals surface area contributed by atoms with E-state index in [0.717, 1.165) is 43.4 Å². The van der Waals surface area contributed by atoms with Crippen LogP contribution in [0.25, 0.3) is 0 Å². The number of aliphatic hydroxyl groups excluding tert-OH is 1. The van der Waals surface area contributed by atoms with E-state index in [-0.39, 0.29) is 6.10 Å². The maximum atomic E-state index is 10.2. The Bertz CT molecular complexity index is 397. The van der Waals surface area contributed by atoms with Crippen LogP contribution in [-0.4, -0.2) is 28.5 Å². The van der Waals surface area contributed by atoms with Gasteiger partial charge in [0, 0.05) is 0 Å². The van der Waals surface area contributed by atoms with Crippen LogP contribution in [0.15, 0.2) is 24.3 Å². The van der Waals surface area contributed by atoms with Crippen LogP contribution in [0.2, 0.25) is 0 Å². The molecule has 2 N–H and O–H groups in total. The van der Waals surface area contributed by atoms with Gasteiger partial charge in [0.25, 0.3) is 0 Å². The molecule has 0 saturated heterocycles. The molecule has 1 aliphatic carbocycles. The maximum Gasteiger partial charge on any atom is 0.119 e. The highest BCUT2D eigenvalue weighted by Gasteiger charge is 2.31. The molecule has 3 heteroatoms. The minimum absolute atomic E-state index is 0.297. The SMILES string of the molecule is CC[C@@H](O)Cc1cccc(OCC2(O)CCCC2)c1. The molecule has 1 aromatic carbocycles. The van der Waals surface area contributed by atoms with E-state index in [1.165, 1.54) is 0 Å². The van der Waals surface area contributed by atoms with Gasteiger partial charge in [-0.15, -0.1) is 0 Å². The smallest absolute Gasteiger partial charge is 0.119 e. The summed E-state index contributed by atoms with van der Waals surface area (Å²) >= 11 is 0. The van der Waals surface area contributed by atoms with Gasteiger partial charge in [0.1, 0.15) is 12.4 Å². The third-order valence-corrected chi connectivity index (χ3v) is 3.88. The van der Waals surface area contributed by atoms with E-state index in [9.17, 15) is 10.2 Å². The highest BCUT2D eigenvalue weighted by atomic mass is 16.5. The first-order valence-electron chi connectivity index (χ1n) is 7.23. The lowest BCUT2D eigenvalue weighted by Crippen LogP contribution is -2.32. The van der Waals surface area contributed by atoms with Crippen molar-refractivity contribution in [2.75, 3.05) is 6.61 Å². The lowest BCUT2D eigenvalue weighted by molar-refractivity contribution is 0.00137. The molecule has 0 bridgehead atoms. The average molecular weight is 264 g/mol. The van der Waals surface area contributed by atoms with Crippen LogP contribution in [0.1, 0.15) is 44.6 Å². The van der Waals surface area contributed by atoms with Crippen molar-refractivity contribution in [2.24, 2.45) is 0 Å².